The van der Waals surface area contributed by atoms with Crippen LogP contribution < -0.4 is 4.74 Å². The average molecular weight is 1210 g/mol. The largest absolute Gasteiger partial charge is 0.497 e. The predicted molar refractivity (Wildman–Crippen MR) is 369 cm³/mol. The van der Waals surface area contributed by atoms with Crippen molar-refractivity contribution in [2.24, 2.45) is 29.6 Å². The van der Waals surface area contributed by atoms with Crippen LogP contribution in [0.5, 0.6) is 5.75 Å². The molecule has 81 heavy (non-hydrogen) atoms. The van der Waals surface area contributed by atoms with Gasteiger partial charge in [-0.3, -0.25) is 0 Å². The fourth-order valence-electron chi connectivity index (χ4n) is 8.40. The third-order valence-electron chi connectivity index (χ3n) is 19.6. The van der Waals surface area contributed by atoms with E-state index < -0.39 is 41.6 Å². The zero-order valence-electron chi connectivity index (χ0n) is 58.5. The molecule has 1 aromatic carbocycles. The molecule has 0 aliphatic carbocycles. The highest BCUT2D eigenvalue weighted by Gasteiger charge is 2.45. The molecule has 468 valence electrons. The Labute approximate surface area is 508 Å². The summed E-state index contributed by atoms with van der Waals surface area (Å²) in [6.07, 6.45) is 26.9. The third-order valence-corrected chi connectivity index (χ3v) is 42.0. The van der Waals surface area contributed by atoms with Gasteiger partial charge in [0.05, 0.1) is 50.8 Å². The molecule has 0 unspecified atom stereocenters. The first-order valence-electron chi connectivity index (χ1n) is 31.2. The summed E-state index contributed by atoms with van der Waals surface area (Å²) in [6.45, 7) is 75.5. The van der Waals surface area contributed by atoms with Gasteiger partial charge in [0, 0.05) is 18.3 Å². The highest BCUT2D eigenvalue weighted by molar-refractivity contribution is 6.75. The monoisotopic (exact) mass is 1210 g/mol. The van der Waals surface area contributed by atoms with Crippen molar-refractivity contribution < 1.29 is 31.6 Å². The lowest BCUT2D eigenvalue weighted by Crippen LogP contribution is -2.48. The summed E-state index contributed by atoms with van der Waals surface area (Å²) in [6, 6.07) is 8.20. The van der Waals surface area contributed by atoms with Gasteiger partial charge in [-0.2, -0.15) is 0 Å². The molecular weight excluding hydrogens is 1080 g/mol. The van der Waals surface area contributed by atoms with Crippen LogP contribution in [-0.2, 0) is 33.5 Å². The molecule has 1 aromatic rings. The number of rotatable bonds is 33. The predicted octanol–water partition coefficient (Wildman–Crippen LogP) is 21.5. The van der Waals surface area contributed by atoms with Crippen molar-refractivity contribution in [1.82, 2.24) is 0 Å². The van der Waals surface area contributed by atoms with Gasteiger partial charge in [-0.05, 0) is 139 Å². The molecule has 0 spiro atoms. The first-order chi connectivity index (χ1) is 36.6. The van der Waals surface area contributed by atoms with Gasteiger partial charge in [-0.15, -0.1) is 0 Å². The fourth-order valence-corrected chi connectivity index (χ4v) is 15.0. The van der Waals surface area contributed by atoms with Gasteiger partial charge >= 0.3 is 0 Å². The first-order valence-corrected chi connectivity index (χ1v) is 45.7. The van der Waals surface area contributed by atoms with E-state index in [0.29, 0.717) is 13.2 Å². The summed E-state index contributed by atoms with van der Waals surface area (Å²) < 4.78 is 48.7. The normalized spacial score (nSPS) is 18.4. The van der Waals surface area contributed by atoms with Crippen LogP contribution in [0.4, 0.5) is 0 Å². The molecule has 1 rings (SSSR count). The number of benzene rings is 1. The van der Waals surface area contributed by atoms with E-state index in [1.807, 2.05) is 24.3 Å². The second kappa shape index (κ2) is 31.8. The Morgan fingerprint density at radius 3 is 1.40 bits per heavy atom. The molecule has 10 atom stereocenters. The number of ether oxygens (including phenoxy) is 2. The topological polar surface area (TPSA) is 64.6 Å². The number of hydrogen-bond acceptors (Lipinski definition) is 7. The second-order valence-corrected chi connectivity index (χ2v) is 55.5. The summed E-state index contributed by atoms with van der Waals surface area (Å²) in [5.41, 5.74) is 1.12. The lowest BCUT2D eigenvalue weighted by molar-refractivity contribution is -0.0537. The average Bonchev–Trinajstić information content (AvgIpc) is 3.31. The van der Waals surface area contributed by atoms with Crippen molar-refractivity contribution in [3.63, 3.8) is 0 Å². The molecule has 7 nitrogen and oxygen atoms in total. The van der Waals surface area contributed by atoms with Crippen LogP contribution in [0, 0.1) is 29.6 Å². The molecule has 0 bridgehead atoms. The van der Waals surface area contributed by atoms with E-state index in [2.05, 4.69) is 277 Å². The number of allylic oxidation sites excluding steroid dienone is 5. The molecule has 0 fully saturated rings. The van der Waals surface area contributed by atoms with Gasteiger partial charge < -0.3 is 31.6 Å². The molecule has 12 heteroatoms. The molecular formula is C69H130O7Si5. The SMILES string of the molecule is C=C/C=C\[C@H](C)[C@H](OCc1ccc(OC)cc1)[C@@H](C)[C@@H](CC/C=C\[C@H](C)[C@@H](O[Si](C)(C)C(C)(C)C)[C@@H](C)/C=C\[C@H](C[C@H](O[Si](C)(C)C(C)(C)C)[C@H](C)/C=C/C=C\CO[Si](C)(C)C(C)(C)C)O[Si](C)(C)C(C)(C)C)O[Si](C)(C)C(C)(C)C. The lowest BCUT2D eigenvalue weighted by Gasteiger charge is -2.43. The van der Waals surface area contributed by atoms with Gasteiger partial charge in [0.25, 0.3) is 0 Å². The van der Waals surface area contributed by atoms with Crippen molar-refractivity contribution >= 4 is 41.6 Å². The maximum Gasteiger partial charge on any atom is 0.192 e. The molecule has 0 saturated heterocycles. The van der Waals surface area contributed by atoms with Gasteiger partial charge in [0.15, 0.2) is 41.6 Å². The van der Waals surface area contributed by atoms with Crippen LogP contribution in [0.2, 0.25) is 90.7 Å². The van der Waals surface area contributed by atoms with Crippen LogP contribution >= 0.6 is 0 Å². The minimum Gasteiger partial charge on any atom is -0.497 e. The standard InChI is InChI=1S/C69H130O7Si5/c1-33-34-40-55(4)64(71-52-58-45-48-59(70-22)49-46-58)57(6)61(74-79(27,28)67(13,14)15)43-38-37-42-54(3)63(76-81(31,32)69(19,20)21)56(5)44-47-60(73-78(25,26)66(10,11)12)51-62(75-80(29,30)68(16,17)18)53(2)41-36-35-39-50-72-77(23,24)65(7,8)9/h33-37,39-42,44-49,53-57,60-64H,1,38,43,50-52H2,2-32H3/b39-35-,40-34-,41-36+,42-37-,47-44-/t53-,54+,55+,56+,57+,60-,61-,62+,63-,64+/m1/s1. The third kappa shape index (κ3) is 25.3. The molecule has 0 aliphatic rings. The maximum atomic E-state index is 7.54. The van der Waals surface area contributed by atoms with Crippen molar-refractivity contribution in [2.75, 3.05) is 13.7 Å². The van der Waals surface area contributed by atoms with E-state index in [1.165, 1.54) is 0 Å². The van der Waals surface area contributed by atoms with Crippen LogP contribution in [0.25, 0.3) is 0 Å². The fraction of sp³-hybridized carbons (Fsp3) is 0.739. The summed E-state index contributed by atoms with van der Waals surface area (Å²) in [5, 5.41) is 0.377. The van der Waals surface area contributed by atoms with Gasteiger partial charge in [0.1, 0.15) is 5.75 Å². The van der Waals surface area contributed by atoms with Crippen LogP contribution in [0.15, 0.2) is 97.7 Å². The van der Waals surface area contributed by atoms with E-state index in [4.69, 9.17) is 31.6 Å². The lowest BCUT2D eigenvalue weighted by atomic mass is 9.86. The smallest absolute Gasteiger partial charge is 0.192 e. The minimum atomic E-state index is -2.23. The van der Waals surface area contributed by atoms with E-state index >= 15 is 0 Å². The molecule has 0 aromatic heterocycles. The van der Waals surface area contributed by atoms with Crippen molar-refractivity contribution in [3.8, 4) is 5.75 Å². The highest BCUT2D eigenvalue weighted by Crippen LogP contribution is 2.44. The van der Waals surface area contributed by atoms with Crippen molar-refractivity contribution in [3.05, 3.63) is 103 Å². The Kier molecular flexibility index (Phi) is 30.4. The minimum absolute atomic E-state index is 0.00336. The zero-order valence-corrected chi connectivity index (χ0v) is 63.5. The van der Waals surface area contributed by atoms with Crippen LogP contribution in [-0.4, -0.2) is 85.8 Å². The van der Waals surface area contributed by atoms with Crippen LogP contribution in [0.1, 0.15) is 163 Å². The van der Waals surface area contributed by atoms with Gasteiger partial charge in [-0.25, -0.2) is 0 Å². The first kappa shape index (κ1) is 77.3. The van der Waals surface area contributed by atoms with Crippen molar-refractivity contribution in [1.29, 1.82) is 0 Å². The Morgan fingerprint density at radius 1 is 0.469 bits per heavy atom. The Hall–Kier alpha value is -1.70. The molecule has 0 amide bonds. The Bertz CT molecular complexity index is 2140. The van der Waals surface area contributed by atoms with E-state index in [1.54, 1.807) is 7.11 Å². The Morgan fingerprint density at radius 2 is 0.914 bits per heavy atom. The molecule has 0 aliphatic heterocycles. The van der Waals surface area contributed by atoms with Crippen LogP contribution in [0.3, 0.4) is 0 Å². The Balaban J connectivity index is 3.86. The summed E-state index contributed by atoms with van der Waals surface area (Å²) in [4.78, 5) is 0. The molecule has 0 radical (unpaired) electrons. The van der Waals surface area contributed by atoms with Gasteiger partial charge in [-0.1, -0.05) is 224 Å². The van der Waals surface area contributed by atoms with Crippen molar-refractivity contribution in [2.45, 2.75) is 286 Å². The number of methoxy groups -OCH3 is 1. The summed E-state index contributed by atoms with van der Waals surface area (Å²) >= 11 is 0. The second-order valence-electron chi connectivity index (χ2n) is 31.6. The quantitative estimate of drug-likeness (QED) is 0.0395. The van der Waals surface area contributed by atoms with Gasteiger partial charge in [0.2, 0.25) is 0 Å². The van der Waals surface area contributed by atoms with E-state index in [9.17, 15) is 0 Å². The van der Waals surface area contributed by atoms with E-state index in [-0.39, 0.29) is 85.3 Å². The molecule has 0 N–H and O–H groups in total. The molecule has 0 saturated carbocycles. The van der Waals surface area contributed by atoms with E-state index in [0.717, 1.165) is 30.6 Å². The summed E-state index contributed by atoms with van der Waals surface area (Å²) in [7, 11) is -8.91. The summed E-state index contributed by atoms with van der Waals surface area (Å²) in [5.74, 6) is 1.53. The molecule has 0 heterocycles. The zero-order chi connectivity index (χ0) is 63.0. The number of hydrogen-bond donors (Lipinski definition) is 0. The maximum absolute atomic E-state index is 7.54. The highest BCUT2D eigenvalue weighted by atomic mass is 28.4.